The Labute approximate surface area is 118 Å². The molecule has 7 heteroatoms. The van der Waals surface area contributed by atoms with Gasteiger partial charge in [-0.15, -0.1) is 0 Å². The van der Waals surface area contributed by atoms with Gasteiger partial charge in [0.05, 0.1) is 24.9 Å². The van der Waals surface area contributed by atoms with Crippen molar-refractivity contribution in [2.45, 2.75) is 13.5 Å². The third-order valence-corrected chi connectivity index (χ3v) is 3.06. The summed E-state index contributed by atoms with van der Waals surface area (Å²) in [7, 11) is 1.59. The maximum atomic E-state index is 8.33. The van der Waals surface area contributed by atoms with Crippen molar-refractivity contribution in [3.63, 3.8) is 0 Å². The summed E-state index contributed by atoms with van der Waals surface area (Å²) in [4.78, 5) is 7.05. The summed E-state index contributed by atoms with van der Waals surface area (Å²) in [5, 5.41) is 3.49. The number of azide groups is 1. The van der Waals surface area contributed by atoms with E-state index in [9.17, 15) is 0 Å². The molecule has 0 N–H and O–H groups in total. The number of benzene rings is 1. The van der Waals surface area contributed by atoms with Crippen LogP contribution in [0.2, 0.25) is 0 Å². The molecular formula is C12H11BrN4O2. The summed E-state index contributed by atoms with van der Waals surface area (Å²) in [6, 6.07) is 5.56. The van der Waals surface area contributed by atoms with Crippen LogP contribution in [0.3, 0.4) is 0 Å². The first-order valence-corrected chi connectivity index (χ1v) is 6.26. The largest absolute Gasteiger partial charge is 0.496 e. The highest BCUT2D eigenvalue weighted by Gasteiger charge is 2.15. The van der Waals surface area contributed by atoms with Crippen LogP contribution in [0.5, 0.6) is 5.75 Å². The van der Waals surface area contributed by atoms with Crippen LogP contribution in [0.1, 0.15) is 11.5 Å². The molecule has 0 saturated heterocycles. The summed E-state index contributed by atoms with van der Waals surface area (Å²) in [6.45, 7) is 1.95. The van der Waals surface area contributed by atoms with Gasteiger partial charge in [0, 0.05) is 9.38 Å². The summed E-state index contributed by atoms with van der Waals surface area (Å²) in [6.07, 6.45) is 0. The number of hydrogen-bond donors (Lipinski definition) is 0. The number of aryl methyl sites for hydroxylation is 1. The van der Waals surface area contributed by atoms with Gasteiger partial charge < -0.3 is 9.15 Å². The van der Waals surface area contributed by atoms with Crippen LogP contribution in [-0.2, 0) is 6.54 Å². The molecule has 1 aromatic carbocycles. The lowest BCUT2D eigenvalue weighted by atomic mass is 10.2. The van der Waals surface area contributed by atoms with Crippen molar-refractivity contribution in [3.8, 4) is 17.2 Å². The van der Waals surface area contributed by atoms with Crippen LogP contribution < -0.4 is 4.74 Å². The van der Waals surface area contributed by atoms with E-state index in [1.54, 1.807) is 14.0 Å². The molecule has 0 bridgehead atoms. The van der Waals surface area contributed by atoms with Crippen molar-refractivity contribution in [2.24, 2.45) is 5.11 Å². The Kier molecular flexibility index (Phi) is 4.09. The lowest BCUT2D eigenvalue weighted by Crippen LogP contribution is -1.89. The van der Waals surface area contributed by atoms with Gasteiger partial charge in [0.25, 0.3) is 0 Å². The molecule has 0 fully saturated rings. The summed E-state index contributed by atoms with van der Waals surface area (Å²) in [5.41, 5.74) is 9.70. The molecule has 98 valence electrons. The number of rotatable bonds is 4. The second-order valence-corrected chi connectivity index (χ2v) is 4.67. The Balaban J connectivity index is 2.47. The fraction of sp³-hybridized carbons (Fsp3) is 0.250. The van der Waals surface area contributed by atoms with Gasteiger partial charge in [0.15, 0.2) is 0 Å². The number of aromatic nitrogens is 1. The molecule has 19 heavy (non-hydrogen) atoms. The highest BCUT2D eigenvalue weighted by molar-refractivity contribution is 9.10. The molecule has 0 spiro atoms. The van der Waals surface area contributed by atoms with E-state index in [2.05, 4.69) is 30.9 Å². The molecule has 1 heterocycles. The predicted molar refractivity (Wildman–Crippen MR) is 73.8 cm³/mol. The van der Waals surface area contributed by atoms with Gasteiger partial charge in [-0.2, -0.15) is 0 Å². The SMILES string of the molecule is COc1ccc(Br)cc1-c1nc(CN=[N+]=[N-])c(C)o1. The number of nitrogens with zero attached hydrogens (tertiary/aromatic N) is 4. The van der Waals surface area contributed by atoms with Crippen molar-refractivity contribution >= 4 is 15.9 Å². The summed E-state index contributed by atoms with van der Waals surface area (Å²) >= 11 is 3.40. The van der Waals surface area contributed by atoms with Gasteiger partial charge in [-0.05, 0) is 30.7 Å². The Morgan fingerprint density at radius 3 is 3.00 bits per heavy atom. The van der Waals surface area contributed by atoms with Gasteiger partial charge in [0.1, 0.15) is 11.5 Å². The van der Waals surface area contributed by atoms with E-state index in [4.69, 9.17) is 14.7 Å². The van der Waals surface area contributed by atoms with Crippen LogP contribution >= 0.6 is 15.9 Å². The fourth-order valence-electron chi connectivity index (χ4n) is 1.64. The zero-order chi connectivity index (χ0) is 13.8. The molecule has 2 rings (SSSR count). The first-order valence-electron chi connectivity index (χ1n) is 5.46. The lowest BCUT2D eigenvalue weighted by Gasteiger charge is -2.05. The van der Waals surface area contributed by atoms with Crippen LogP contribution in [0.4, 0.5) is 0 Å². The smallest absolute Gasteiger partial charge is 0.230 e. The van der Waals surface area contributed by atoms with E-state index in [0.717, 1.165) is 10.0 Å². The molecule has 0 aliphatic carbocycles. The molecule has 0 aliphatic rings. The van der Waals surface area contributed by atoms with E-state index in [-0.39, 0.29) is 6.54 Å². The Morgan fingerprint density at radius 1 is 1.53 bits per heavy atom. The molecule has 0 saturated carbocycles. The zero-order valence-electron chi connectivity index (χ0n) is 10.4. The van der Waals surface area contributed by atoms with Gasteiger partial charge >= 0.3 is 0 Å². The maximum Gasteiger partial charge on any atom is 0.230 e. The number of oxazole rings is 1. The first-order chi connectivity index (χ1) is 9.15. The minimum Gasteiger partial charge on any atom is -0.496 e. The third kappa shape index (κ3) is 2.89. The van der Waals surface area contributed by atoms with E-state index in [1.807, 2.05) is 18.2 Å². The number of hydrogen-bond acceptors (Lipinski definition) is 4. The van der Waals surface area contributed by atoms with E-state index in [0.29, 0.717) is 23.1 Å². The highest BCUT2D eigenvalue weighted by atomic mass is 79.9. The van der Waals surface area contributed by atoms with Gasteiger partial charge in [-0.3, -0.25) is 0 Å². The normalized spacial score (nSPS) is 10.1. The number of ether oxygens (including phenoxy) is 1. The monoisotopic (exact) mass is 322 g/mol. The minimum absolute atomic E-state index is 0.169. The van der Waals surface area contributed by atoms with E-state index in [1.165, 1.54) is 0 Å². The number of methoxy groups -OCH3 is 1. The van der Waals surface area contributed by atoms with E-state index >= 15 is 0 Å². The second-order valence-electron chi connectivity index (χ2n) is 3.76. The van der Waals surface area contributed by atoms with Crippen LogP contribution in [-0.4, -0.2) is 12.1 Å². The topological polar surface area (TPSA) is 84.0 Å². The minimum atomic E-state index is 0.169. The maximum absolute atomic E-state index is 8.33. The van der Waals surface area contributed by atoms with Crippen LogP contribution in [0, 0.1) is 6.92 Å². The molecular weight excluding hydrogens is 312 g/mol. The van der Waals surface area contributed by atoms with Gasteiger partial charge in [0.2, 0.25) is 5.89 Å². The van der Waals surface area contributed by atoms with E-state index < -0.39 is 0 Å². The lowest BCUT2D eigenvalue weighted by molar-refractivity contribution is 0.414. The molecule has 0 unspecified atom stereocenters. The Morgan fingerprint density at radius 2 is 2.32 bits per heavy atom. The summed E-state index contributed by atoms with van der Waals surface area (Å²) < 4.78 is 11.8. The molecule has 6 nitrogen and oxygen atoms in total. The summed E-state index contributed by atoms with van der Waals surface area (Å²) in [5.74, 6) is 1.74. The highest BCUT2D eigenvalue weighted by Crippen LogP contribution is 2.33. The number of halogens is 1. The average molecular weight is 323 g/mol. The van der Waals surface area contributed by atoms with Gasteiger partial charge in [-0.25, -0.2) is 4.98 Å². The Bertz CT molecular complexity index is 647. The quantitative estimate of drug-likeness (QED) is 0.479. The van der Waals surface area contributed by atoms with Crippen molar-refractivity contribution in [1.29, 1.82) is 0 Å². The van der Waals surface area contributed by atoms with Crippen LogP contribution in [0.25, 0.3) is 21.9 Å². The average Bonchev–Trinajstić information content (AvgIpc) is 2.77. The van der Waals surface area contributed by atoms with Crippen molar-refractivity contribution < 1.29 is 9.15 Å². The van der Waals surface area contributed by atoms with Crippen molar-refractivity contribution in [2.75, 3.05) is 7.11 Å². The molecule has 2 aromatic rings. The molecule has 0 radical (unpaired) electrons. The second kappa shape index (κ2) is 5.77. The van der Waals surface area contributed by atoms with Crippen LogP contribution in [0.15, 0.2) is 32.2 Å². The zero-order valence-corrected chi connectivity index (χ0v) is 12.0. The Hall–Kier alpha value is -1.98. The van der Waals surface area contributed by atoms with Crippen molar-refractivity contribution in [3.05, 3.63) is 44.6 Å². The van der Waals surface area contributed by atoms with Gasteiger partial charge in [-0.1, -0.05) is 21.0 Å². The molecule has 0 amide bonds. The molecule has 0 atom stereocenters. The molecule has 0 aliphatic heterocycles. The molecule has 1 aromatic heterocycles. The van der Waals surface area contributed by atoms with Crippen molar-refractivity contribution in [1.82, 2.24) is 4.98 Å². The predicted octanol–water partition coefficient (Wildman–Crippen LogP) is 4.23. The standard InChI is InChI=1S/C12H11BrN4O2/c1-7-10(6-15-17-14)16-12(19-7)9-5-8(13)3-4-11(9)18-2/h3-5H,6H2,1-2H3. The fourth-order valence-corrected chi connectivity index (χ4v) is 2.00. The first kappa shape index (κ1) is 13.5. The third-order valence-electron chi connectivity index (χ3n) is 2.57.